The maximum absolute atomic E-state index is 12.7. The van der Waals surface area contributed by atoms with Crippen LogP contribution in [0.2, 0.25) is 0 Å². The first kappa shape index (κ1) is 13.3. The molecule has 1 spiro atoms. The fourth-order valence-electron chi connectivity index (χ4n) is 3.32. The molecule has 0 saturated carbocycles. The molecule has 0 unspecified atom stereocenters. The Bertz CT molecular complexity index is 767. The van der Waals surface area contributed by atoms with E-state index in [9.17, 15) is 4.79 Å². The minimum Gasteiger partial charge on any atom is -0.493 e. The van der Waals surface area contributed by atoms with Gasteiger partial charge in [0.15, 0.2) is 22.9 Å². The third-order valence-corrected chi connectivity index (χ3v) is 4.50. The van der Waals surface area contributed by atoms with Crippen LogP contribution < -0.4 is 9.47 Å². The van der Waals surface area contributed by atoms with Gasteiger partial charge in [0, 0.05) is 12.0 Å². The topological polar surface area (TPSA) is 48.1 Å². The van der Waals surface area contributed by atoms with Crippen LogP contribution in [0, 0.1) is 0 Å². The third-order valence-electron chi connectivity index (χ3n) is 4.50. The second-order valence-corrected chi connectivity index (χ2v) is 5.66. The average Bonchev–Trinajstić information content (AvgIpc) is 3.21. The number of benzene rings is 2. The largest absolute Gasteiger partial charge is 0.493 e. The first-order chi connectivity index (χ1) is 10.7. The zero-order chi connectivity index (χ0) is 15.3. The smallest absolute Gasteiger partial charge is 0.198 e. The second-order valence-electron chi connectivity index (χ2n) is 5.66. The van der Waals surface area contributed by atoms with Gasteiger partial charge in [0.25, 0.3) is 0 Å². The zero-order valence-corrected chi connectivity index (χ0v) is 12.5. The lowest BCUT2D eigenvalue weighted by molar-refractivity contribution is 0.0894. The quantitative estimate of drug-likeness (QED) is 0.817. The molecule has 1 fully saturated rings. The van der Waals surface area contributed by atoms with Crippen LogP contribution in [0.5, 0.6) is 11.5 Å². The van der Waals surface area contributed by atoms with E-state index in [1.54, 1.807) is 14.2 Å². The summed E-state index contributed by atoms with van der Waals surface area (Å²) in [6, 6.07) is 13.4. The molecule has 22 heavy (non-hydrogen) atoms. The number of hydrogen-bond donors (Lipinski definition) is 0. The van der Waals surface area contributed by atoms with Gasteiger partial charge in [-0.15, -0.1) is 0 Å². The van der Waals surface area contributed by atoms with Crippen LogP contribution in [0.1, 0.15) is 27.6 Å². The van der Waals surface area contributed by atoms with E-state index in [-0.39, 0.29) is 11.9 Å². The van der Waals surface area contributed by atoms with E-state index in [4.69, 9.17) is 14.2 Å². The molecule has 0 radical (unpaired) electrons. The maximum Gasteiger partial charge on any atom is 0.198 e. The third kappa shape index (κ3) is 1.70. The zero-order valence-electron chi connectivity index (χ0n) is 12.5. The van der Waals surface area contributed by atoms with E-state index in [1.807, 2.05) is 42.5 Å². The van der Waals surface area contributed by atoms with Crippen LogP contribution in [0.3, 0.4) is 0 Å². The van der Waals surface area contributed by atoms with E-state index in [0.717, 1.165) is 16.7 Å². The van der Waals surface area contributed by atoms with Crippen LogP contribution in [0.15, 0.2) is 42.5 Å². The molecule has 4 rings (SSSR count). The molecule has 112 valence electrons. The number of carbonyl (C=O) groups is 1. The lowest BCUT2D eigenvalue weighted by Crippen LogP contribution is -2.20. The van der Waals surface area contributed by atoms with Gasteiger partial charge in [-0.2, -0.15) is 0 Å². The van der Waals surface area contributed by atoms with Crippen molar-refractivity contribution in [2.75, 3.05) is 14.2 Å². The summed E-state index contributed by atoms with van der Waals surface area (Å²) in [6.45, 7) is 0. The summed E-state index contributed by atoms with van der Waals surface area (Å²) in [5, 5.41) is 0. The molecule has 2 aliphatic rings. The summed E-state index contributed by atoms with van der Waals surface area (Å²) < 4.78 is 16.4. The molecule has 1 aliphatic carbocycles. The lowest BCUT2D eigenvalue weighted by Gasteiger charge is -2.09. The molecule has 2 atom stereocenters. The van der Waals surface area contributed by atoms with Gasteiger partial charge in [-0.25, -0.2) is 0 Å². The highest BCUT2D eigenvalue weighted by atomic mass is 16.6. The molecule has 0 N–H and O–H groups in total. The van der Waals surface area contributed by atoms with E-state index in [0.29, 0.717) is 17.9 Å². The Balaban J connectivity index is 1.67. The summed E-state index contributed by atoms with van der Waals surface area (Å²) in [5.41, 5.74) is 2.07. The predicted octanol–water partition coefficient (Wildman–Crippen LogP) is 2.95. The van der Waals surface area contributed by atoms with Gasteiger partial charge < -0.3 is 14.2 Å². The van der Waals surface area contributed by atoms with Gasteiger partial charge in [-0.3, -0.25) is 4.79 Å². The Morgan fingerprint density at radius 1 is 1.09 bits per heavy atom. The molecule has 2 aromatic rings. The summed E-state index contributed by atoms with van der Waals surface area (Å²) in [5.74, 6) is 1.40. The molecular weight excluding hydrogens is 280 g/mol. The molecule has 4 nitrogen and oxygen atoms in total. The molecule has 4 heteroatoms. The first-order valence-corrected chi connectivity index (χ1v) is 7.22. The van der Waals surface area contributed by atoms with Gasteiger partial charge >= 0.3 is 0 Å². The Labute approximate surface area is 128 Å². The standard InChI is InChI=1S/C18H16O4/c1-20-14-8-7-11(9-15(14)21-2)17-18(22-17)10-12-5-3-4-6-13(12)16(18)19/h3-9,17H,10H2,1-2H3/t17-,18+/m1/s1. The normalized spacial score (nSPS) is 25.2. The highest BCUT2D eigenvalue weighted by Gasteiger charge is 2.66. The van der Waals surface area contributed by atoms with Crippen molar-refractivity contribution in [3.05, 3.63) is 59.2 Å². The molecular formula is C18H16O4. The lowest BCUT2D eigenvalue weighted by atomic mass is 9.95. The maximum atomic E-state index is 12.7. The fraction of sp³-hybridized carbons (Fsp3) is 0.278. The number of ether oxygens (including phenoxy) is 3. The van der Waals surface area contributed by atoms with Crippen LogP contribution in [-0.4, -0.2) is 25.6 Å². The Hall–Kier alpha value is -2.33. The molecule has 1 saturated heterocycles. The van der Waals surface area contributed by atoms with E-state index >= 15 is 0 Å². The van der Waals surface area contributed by atoms with Crippen molar-refractivity contribution >= 4 is 5.78 Å². The summed E-state index contributed by atoms with van der Waals surface area (Å²) >= 11 is 0. The van der Waals surface area contributed by atoms with Gasteiger partial charge in [0.2, 0.25) is 0 Å². The Kier molecular flexibility index (Phi) is 2.78. The van der Waals surface area contributed by atoms with Crippen molar-refractivity contribution in [3.8, 4) is 11.5 Å². The fourth-order valence-corrected chi connectivity index (χ4v) is 3.32. The van der Waals surface area contributed by atoms with Crippen molar-refractivity contribution in [3.63, 3.8) is 0 Å². The number of carbonyl (C=O) groups excluding carboxylic acids is 1. The summed E-state index contributed by atoms with van der Waals surface area (Å²) in [6.07, 6.45) is 0.424. The number of rotatable bonds is 3. The van der Waals surface area contributed by atoms with Gasteiger partial charge in [0.1, 0.15) is 6.10 Å². The van der Waals surface area contributed by atoms with Crippen LogP contribution in [0.25, 0.3) is 0 Å². The van der Waals surface area contributed by atoms with Crippen molar-refractivity contribution in [1.29, 1.82) is 0 Å². The Morgan fingerprint density at radius 2 is 1.86 bits per heavy atom. The number of Topliss-reactive ketones (excluding diaryl/α,β-unsaturated/α-hetero) is 1. The number of hydrogen-bond acceptors (Lipinski definition) is 4. The number of fused-ring (bicyclic) bond motifs is 1. The molecule has 2 aromatic carbocycles. The van der Waals surface area contributed by atoms with Crippen molar-refractivity contribution < 1.29 is 19.0 Å². The molecule has 0 amide bonds. The van der Waals surface area contributed by atoms with Crippen molar-refractivity contribution in [1.82, 2.24) is 0 Å². The minimum absolute atomic E-state index is 0.0860. The minimum atomic E-state index is -0.719. The second kappa shape index (κ2) is 4.58. The predicted molar refractivity (Wildman–Crippen MR) is 80.6 cm³/mol. The average molecular weight is 296 g/mol. The molecule has 0 bridgehead atoms. The van der Waals surface area contributed by atoms with Crippen molar-refractivity contribution in [2.24, 2.45) is 0 Å². The highest BCUT2D eigenvalue weighted by Crippen LogP contribution is 2.57. The van der Waals surface area contributed by atoms with Gasteiger partial charge in [0.05, 0.1) is 14.2 Å². The summed E-state index contributed by atoms with van der Waals surface area (Å²) in [7, 11) is 3.20. The molecule has 0 aromatic heterocycles. The first-order valence-electron chi connectivity index (χ1n) is 7.22. The molecule has 1 heterocycles. The van der Waals surface area contributed by atoms with Crippen LogP contribution in [-0.2, 0) is 11.2 Å². The summed E-state index contributed by atoms with van der Waals surface area (Å²) in [4.78, 5) is 12.7. The highest BCUT2D eigenvalue weighted by molar-refractivity contribution is 6.09. The monoisotopic (exact) mass is 296 g/mol. The SMILES string of the molecule is COc1ccc([C@H]2O[C@]23Cc2ccccc2C3=O)cc1OC. The molecule has 1 aliphatic heterocycles. The van der Waals surface area contributed by atoms with E-state index in [2.05, 4.69) is 0 Å². The van der Waals surface area contributed by atoms with E-state index in [1.165, 1.54) is 0 Å². The van der Waals surface area contributed by atoms with Crippen LogP contribution in [0.4, 0.5) is 0 Å². The van der Waals surface area contributed by atoms with Gasteiger partial charge in [-0.1, -0.05) is 30.3 Å². The van der Waals surface area contributed by atoms with Crippen LogP contribution >= 0.6 is 0 Å². The van der Waals surface area contributed by atoms with Gasteiger partial charge in [-0.05, 0) is 23.3 Å². The van der Waals surface area contributed by atoms with E-state index < -0.39 is 5.60 Å². The number of methoxy groups -OCH3 is 2. The number of ketones is 1. The Morgan fingerprint density at radius 3 is 2.59 bits per heavy atom. The number of epoxide rings is 1. The van der Waals surface area contributed by atoms with Crippen molar-refractivity contribution in [2.45, 2.75) is 18.1 Å².